The Morgan fingerprint density at radius 3 is 1.93 bits per heavy atom. The summed E-state index contributed by atoms with van der Waals surface area (Å²) in [7, 11) is -0.595. The number of imide groups is 1. The molecule has 3 atom stereocenters. The average molecular weight is 389 g/mol. The summed E-state index contributed by atoms with van der Waals surface area (Å²) >= 11 is 0. The van der Waals surface area contributed by atoms with Crippen LogP contribution in [-0.4, -0.2) is 60.7 Å². The lowest BCUT2D eigenvalue weighted by Crippen LogP contribution is -2.81. The van der Waals surface area contributed by atoms with Crippen molar-refractivity contribution in [3.8, 4) is 0 Å². The van der Waals surface area contributed by atoms with E-state index in [0.29, 0.717) is 11.1 Å². The fourth-order valence-electron chi connectivity index (χ4n) is 3.83. The summed E-state index contributed by atoms with van der Waals surface area (Å²) in [6.07, 6.45) is -0.286. The number of amides is 3. The van der Waals surface area contributed by atoms with Crippen LogP contribution in [0.5, 0.6) is 0 Å². The molecular formula is C20H28N2O4Si. The lowest BCUT2D eigenvalue weighted by Gasteiger charge is -2.60. The molecule has 2 aliphatic rings. The summed E-state index contributed by atoms with van der Waals surface area (Å²) in [5.74, 6) is -0.931. The van der Waals surface area contributed by atoms with Crippen molar-refractivity contribution in [2.24, 2.45) is 0 Å². The van der Waals surface area contributed by atoms with Gasteiger partial charge in [0.05, 0.1) is 23.3 Å². The maximum absolute atomic E-state index is 13.3. The van der Waals surface area contributed by atoms with E-state index >= 15 is 0 Å². The number of benzene rings is 1. The van der Waals surface area contributed by atoms with Gasteiger partial charge in [-0.15, -0.1) is 0 Å². The van der Waals surface area contributed by atoms with E-state index in [1.807, 2.05) is 11.5 Å². The number of hydrogen-bond acceptors (Lipinski definition) is 4. The quantitative estimate of drug-likeness (QED) is 0.452. The van der Waals surface area contributed by atoms with E-state index in [9.17, 15) is 14.4 Å². The predicted octanol–water partition coefficient (Wildman–Crippen LogP) is 2.90. The van der Waals surface area contributed by atoms with Crippen LogP contribution < -0.4 is 0 Å². The molecule has 0 unspecified atom stereocenters. The van der Waals surface area contributed by atoms with E-state index < -0.39 is 26.1 Å². The highest BCUT2D eigenvalue weighted by molar-refractivity contribution is 6.80. The van der Waals surface area contributed by atoms with Gasteiger partial charge in [0.15, 0.2) is 8.24 Å². The van der Waals surface area contributed by atoms with E-state index in [0.717, 1.165) is 4.90 Å². The second-order valence-electron chi connectivity index (χ2n) is 8.92. The van der Waals surface area contributed by atoms with Crippen molar-refractivity contribution in [1.29, 1.82) is 0 Å². The maximum atomic E-state index is 13.3. The van der Waals surface area contributed by atoms with Crippen LogP contribution >= 0.6 is 0 Å². The molecule has 0 bridgehead atoms. The monoisotopic (exact) mass is 388 g/mol. The molecular weight excluding hydrogens is 360 g/mol. The average Bonchev–Trinajstić information content (AvgIpc) is 2.83. The molecule has 1 aromatic rings. The SMILES string of the molecule is CO[C@@H](C)[C@H]1[C@H](N2C(=O)c3ccccc3C2=O)C(=O)N1[Si](C)(C)C(C)(C)C. The van der Waals surface area contributed by atoms with Crippen LogP contribution in [-0.2, 0) is 9.53 Å². The van der Waals surface area contributed by atoms with Crippen molar-refractivity contribution in [3.63, 3.8) is 0 Å². The van der Waals surface area contributed by atoms with Crippen LogP contribution in [0.25, 0.3) is 0 Å². The van der Waals surface area contributed by atoms with E-state index in [-0.39, 0.29) is 23.1 Å². The third-order valence-electron chi connectivity index (χ3n) is 6.51. The Kier molecular flexibility index (Phi) is 4.59. The van der Waals surface area contributed by atoms with Crippen LogP contribution in [0.4, 0.5) is 0 Å². The normalized spacial score (nSPS) is 24.2. The Morgan fingerprint density at radius 2 is 1.52 bits per heavy atom. The van der Waals surface area contributed by atoms with Crippen LogP contribution in [0.15, 0.2) is 24.3 Å². The van der Waals surface area contributed by atoms with Gasteiger partial charge in [-0.2, -0.15) is 0 Å². The summed E-state index contributed by atoms with van der Waals surface area (Å²) in [6.45, 7) is 12.6. The van der Waals surface area contributed by atoms with Gasteiger partial charge < -0.3 is 9.30 Å². The maximum Gasteiger partial charge on any atom is 0.262 e. The molecule has 0 aliphatic carbocycles. The van der Waals surface area contributed by atoms with Crippen LogP contribution in [0.3, 0.4) is 0 Å². The zero-order chi connectivity index (χ0) is 20.3. The van der Waals surface area contributed by atoms with E-state index in [2.05, 4.69) is 33.9 Å². The fraction of sp³-hybridized carbons (Fsp3) is 0.550. The van der Waals surface area contributed by atoms with Crippen molar-refractivity contribution < 1.29 is 19.1 Å². The van der Waals surface area contributed by atoms with Gasteiger partial charge in [-0.1, -0.05) is 46.0 Å². The molecule has 1 saturated heterocycles. The molecule has 2 aliphatic heterocycles. The summed E-state index contributed by atoms with van der Waals surface area (Å²) in [4.78, 5) is 40.2. The van der Waals surface area contributed by atoms with Gasteiger partial charge in [0.2, 0.25) is 5.91 Å². The Balaban J connectivity index is 2.01. The smallest absolute Gasteiger partial charge is 0.262 e. The molecule has 3 rings (SSSR count). The minimum absolute atomic E-state index is 0.0542. The minimum Gasteiger partial charge on any atom is -0.380 e. The lowest BCUT2D eigenvalue weighted by molar-refractivity contribution is -0.154. The van der Waals surface area contributed by atoms with E-state index in [4.69, 9.17) is 4.74 Å². The van der Waals surface area contributed by atoms with Crippen molar-refractivity contribution >= 4 is 26.0 Å². The first kappa shape index (κ1) is 19.8. The summed E-state index contributed by atoms with van der Waals surface area (Å²) in [5.41, 5.74) is 0.731. The Hall–Kier alpha value is -1.99. The Morgan fingerprint density at radius 1 is 1.04 bits per heavy atom. The van der Waals surface area contributed by atoms with Gasteiger partial charge in [0, 0.05) is 7.11 Å². The van der Waals surface area contributed by atoms with Crippen LogP contribution in [0, 0.1) is 0 Å². The topological polar surface area (TPSA) is 66.9 Å². The van der Waals surface area contributed by atoms with Gasteiger partial charge in [0.25, 0.3) is 11.8 Å². The third kappa shape index (κ3) is 2.67. The van der Waals surface area contributed by atoms with Gasteiger partial charge in [-0.25, -0.2) is 0 Å². The van der Waals surface area contributed by atoms with Crippen LogP contribution in [0.1, 0.15) is 48.4 Å². The van der Waals surface area contributed by atoms with Crippen molar-refractivity contribution in [3.05, 3.63) is 35.4 Å². The number of hydrogen-bond donors (Lipinski definition) is 0. The molecule has 6 nitrogen and oxygen atoms in total. The fourth-order valence-corrected chi connectivity index (χ4v) is 6.34. The van der Waals surface area contributed by atoms with Gasteiger partial charge >= 0.3 is 0 Å². The molecule has 3 amide bonds. The first-order valence-corrected chi connectivity index (χ1v) is 12.2. The number of fused-ring (bicyclic) bond motifs is 1. The Bertz CT molecular complexity index is 779. The first-order chi connectivity index (χ1) is 12.4. The Labute approximate surface area is 161 Å². The number of carbonyl (C=O) groups excluding carboxylic acids is 3. The second-order valence-corrected chi connectivity index (χ2v) is 14.0. The number of rotatable bonds is 4. The van der Waals surface area contributed by atoms with Crippen molar-refractivity contribution in [1.82, 2.24) is 9.47 Å². The molecule has 0 aromatic heterocycles. The molecule has 146 valence electrons. The molecule has 0 saturated carbocycles. The predicted molar refractivity (Wildman–Crippen MR) is 105 cm³/mol. The van der Waals surface area contributed by atoms with E-state index in [1.165, 1.54) is 0 Å². The van der Waals surface area contributed by atoms with Crippen molar-refractivity contribution in [2.75, 3.05) is 7.11 Å². The van der Waals surface area contributed by atoms with Crippen molar-refractivity contribution in [2.45, 2.75) is 64.0 Å². The third-order valence-corrected chi connectivity index (χ3v) is 11.9. The molecule has 7 heteroatoms. The molecule has 1 fully saturated rings. The van der Waals surface area contributed by atoms with Gasteiger partial charge in [-0.05, 0) is 24.1 Å². The lowest BCUT2D eigenvalue weighted by atomic mass is 9.92. The largest absolute Gasteiger partial charge is 0.380 e. The number of β-lactam (4-membered cyclic amide) rings is 1. The highest BCUT2D eigenvalue weighted by atomic mass is 28.3. The summed E-state index contributed by atoms with van der Waals surface area (Å²) in [6, 6.07) is 5.60. The number of nitrogens with zero attached hydrogens (tertiary/aromatic N) is 2. The number of methoxy groups -OCH3 is 1. The molecule has 0 spiro atoms. The molecule has 0 N–H and O–H groups in total. The molecule has 1 aromatic carbocycles. The second kappa shape index (κ2) is 6.27. The van der Waals surface area contributed by atoms with Crippen LogP contribution in [0.2, 0.25) is 18.1 Å². The highest BCUT2D eigenvalue weighted by Gasteiger charge is 2.63. The molecule has 27 heavy (non-hydrogen) atoms. The number of carbonyl (C=O) groups is 3. The summed E-state index contributed by atoms with van der Waals surface area (Å²) < 4.78 is 7.48. The van der Waals surface area contributed by atoms with Gasteiger partial charge in [-0.3, -0.25) is 19.3 Å². The first-order valence-electron chi connectivity index (χ1n) is 9.28. The molecule has 2 heterocycles. The zero-order valence-corrected chi connectivity index (χ0v) is 18.1. The highest BCUT2D eigenvalue weighted by Crippen LogP contribution is 2.46. The summed E-state index contributed by atoms with van der Waals surface area (Å²) in [5, 5.41) is -0.0542. The standard InChI is InChI=1S/C20H28N2O4Si/c1-12(26-5)15-16(19(25)22(15)27(6,7)20(2,3)4)21-17(23)13-10-8-9-11-14(13)18(21)24/h8-12,15-16H,1-7H3/t12-,15-,16-/m0/s1. The zero-order valence-electron chi connectivity index (χ0n) is 17.1. The van der Waals surface area contributed by atoms with E-state index in [1.54, 1.807) is 31.4 Å². The minimum atomic E-state index is -2.19. The van der Waals surface area contributed by atoms with Gasteiger partial charge in [0.1, 0.15) is 6.04 Å². The number of ether oxygens (including phenoxy) is 1. The molecule has 0 radical (unpaired) electrons.